The molecule has 0 saturated heterocycles. The molecule has 5 aromatic rings. The number of carbonyl (C=O) groups is 1. The molecule has 0 unspecified atom stereocenters. The Kier molecular flexibility index (Phi) is 5.65. The lowest BCUT2D eigenvalue weighted by atomic mass is 9.86. The molecule has 0 bridgehead atoms. The van der Waals surface area contributed by atoms with Crippen LogP contribution in [0.3, 0.4) is 0 Å². The molecule has 0 atom stereocenters. The Morgan fingerprint density at radius 3 is 2.94 bits per heavy atom. The molecule has 180 valence electrons. The van der Waals surface area contributed by atoms with Crippen molar-refractivity contribution in [3.05, 3.63) is 77.9 Å². The lowest BCUT2D eigenvalue weighted by Crippen LogP contribution is -2.16. The van der Waals surface area contributed by atoms with Crippen molar-refractivity contribution in [2.24, 2.45) is 0 Å². The first-order valence-corrected chi connectivity index (χ1v) is 11.9. The van der Waals surface area contributed by atoms with Gasteiger partial charge in [0.05, 0.1) is 36.0 Å². The molecule has 4 heterocycles. The molecule has 9 nitrogen and oxygen atoms in total. The predicted molar refractivity (Wildman–Crippen MR) is 136 cm³/mol. The third kappa shape index (κ3) is 3.98. The molecular weight excluding hydrogens is 456 g/mol. The number of imidazole rings is 1. The third-order valence-electron chi connectivity index (χ3n) is 6.44. The van der Waals surface area contributed by atoms with Gasteiger partial charge in [0.2, 0.25) is 0 Å². The molecule has 0 saturated carbocycles. The summed E-state index contributed by atoms with van der Waals surface area (Å²) in [5.74, 6) is 0.794. The first kappa shape index (κ1) is 22.0. The summed E-state index contributed by atoms with van der Waals surface area (Å²) in [5.41, 5.74) is 11.3. The SMILES string of the molecule is Nc1ncnc2c1ncn2CCCOC(=O)c1c2c(nc3ccccc13)/C(=C\c1ccco1)CCC2. The van der Waals surface area contributed by atoms with E-state index in [1.165, 1.54) is 6.33 Å². The highest BCUT2D eigenvalue weighted by atomic mass is 16.5. The molecule has 1 aliphatic carbocycles. The van der Waals surface area contributed by atoms with Gasteiger partial charge in [-0.05, 0) is 61.1 Å². The van der Waals surface area contributed by atoms with E-state index in [0.717, 1.165) is 52.8 Å². The van der Waals surface area contributed by atoms with Crippen molar-refractivity contribution < 1.29 is 13.9 Å². The van der Waals surface area contributed by atoms with Gasteiger partial charge in [0.1, 0.15) is 17.6 Å². The summed E-state index contributed by atoms with van der Waals surface area (Å²) in [6.07, 6.45) is 9.95. The van der Waals surface area contributed by atoms with E-state index in [-0.39, 0.29) is 12.6 Å². The monoisotopic (exact) mass is 480 g/mol. The largest absolute Gasteiger partial charge is 0.465 e. The number of aromatic nitrogens is 5. The maximum Gasteiger partial charge on any atom is 0.339 e. The Morgan fingerprint density at radius 2 is 2.06 bits per heavy atom. The van der Waals surface area contributed by atoms with Crippen LogP contribution < -0.4 is 5.73 Å². The molecule has 1 aliphatic rings. The summed E-state index contributed by atoms with van der Waals surface area (Å²) in [6.45, 7) is 0.852. The quantitative estimate of drug-likeness (QED) is 0.275. The van der Waals surface area contributed by atoms with E-state index in [0.29, 0.717) is 35.5 Å². The van der Waals surface area contributed by atoms with E-state index in [9.17, 15) is 4.79 Å². The maximum absolute atomic E-state index is 13.4. The number of esters is 1. The highest BCUT2D eigenvalue weighted by molar-refractivity contribution is 6.06. The molecule has 36 heavy (non-hydrogen) atoms. The number of anilines is 1. The summed E-state index contributed by atoms with van der Waals surface area (Å²) in [4.78, 5) is 30.9. The number of nitrogens with two attached hydrogens (primary N) is 1. The van der Waals surface area contributed by atoms with Gasteiger partial charge < -0.3 is 19.5 Å². The van der Waals surface area contributed by atoms with E-state index in [1.54, 1.807) is 12.6 Å². The summed E-state index contributed by atoms with van der Waals surface area (Å²) in [7, 11) is 0. The van der Waals surface area contributed by atoms with E-state index in [2.05, 4.69) is 15.0 Å². The van der Waals surface area contributed by atoms with Crippen LogP contribution in [0.4, 0.5) is 5.82 Å². The van der Waals surface area contributed by atoms with Crippen molar-refractivity contribution in [3.63, 3.8) is 0 Å². The molecule has 1 aromatic carbocycles. The number of nitrogen functional groups attached to an aromatic ring is 1. The Labute approximate surface area is 206 Å². The van der Waals surface area contributed by atoms with Crippen molar-refractivity contribution in [1.29, 1.82) is 0 Å². The standard InChI is InChI=1S/C27H24N6O3/c28-25-24-26(30-15-29-25)33(16-31-24)11-5-13-36-27(34)22-19-8-1-2-10-21(19)32-23-17(6-3-9-20(22)23)14-18-7-4-12-35-18/h1-2,4,7-8,10,12,14-16H,3,5-6,9,11,13H2,(H2,28,29,30)/b17-14-. The second kappa shape index (κ2) is 9.26. The fourth-order valence-corrected chi connectivity index (χ4v) is 4.79. The number of benzene rings is 1. The molecule has 9 heteroatoms. The number of hydrogen-bond acceptors (Lipinski definition) is 8. The van der Waals surface area contributed by atoms with Crippen molar-refractivity contribution in [2.45, 2.75) is 32.2 Å². The first-order chi connectivity index (χ1) is 17.7. The van der Waals surface area contributed by atoms with Crippen molar-refractivity contribution in [2.75, 3.05) is 12.3 Å². The lowest BCUT2D eigenvalue weighted by Gasteiger charge is -2.22. The van der Waals surface area contributed by atoms with Gasteiger partial charge in [-0.15, -0.1) is 0 Å². The van der Waals surface area contributed by atoms with E-state index >= 15 is 0 Å². The van der Waals surface area contributed by atoms with Gasteiger partial charge in [-0.3, -0.25) is 0 Å². The molecule has 0 spiro atoms. The second-order valence-corrected chi connectivity index (χ2v) is 8.73. The van der Waals surface area contributed by atoms with Crippen molar-refractivity contribution >= 4 is 45.5 Å². The molecule has 4 aromatic heterocycles. The highest BCUT2D eigenvalue weighted by Gasteiger charge is 2.26. The predicted octanol–water partition coefficient (Wildman–Crippen LogP) is 4.67. The second-order valence-electron chi connectivity index (χ2n) is 8.73. The van der Waals surface area contributed by atoms with Crippen LogP contribution in [0.5, 0.6) is 0 Å². The lowest BCUT2D eigenvalue weighted by molar-refractivity contribution is 0.0497. The van der Waals surface area contributed by atoms with Crippen LogP contribution in [-0.4, -0.2) is 37.1 Å². The van der Waals surface area contributed by atoms with Crippen LogP contribution in [0.1, 0.15) is 46.6 Å². The van der Waals surface area contributed by atoms with Gasteiger partial charge in [0.15, 0.2) is 11.5 Å². The van der Waals surface area contributed by atoms with Crippen LogP contribution in [0.2, 0.25) is 0 Å². The van der Waals surface area contributed by atoms with Crippen LogP contribution in [-0.2, 0) is 17.7 Å². The Hall–Kier alpha value is -4.53. The number of furan rings is 1. The molecule has 0 amide bonds. The summed E-state index contributed by atoms with van der Waals surface area (Å²) in [5, 5.41) is 0.813. The fraction of sp³-hybridized carbons (Fsp3) is 0.222. The number of carbonyl (C=O) groups excluding carboxylic acids is 1. The number of hydrogen-bond donors (Lipinski definition) is 1. The number of pyridine rings is 1. The summed E-state index contributed by atoms with van der Waals surface area (Å²) in [6, 6.07) is 11.5. The minimum atomic E-state index is -0.328. The summed E-state index contributed by atoms with van der Waals surface area (Å²) < 4.78 is 13.2. The summed E-state index contributed by atoms with van der Waals surface area (Å²) >= 11 is 0. The van der Waals surface area contributed by atoms with Crippen molar-refractivity contribution in [1.82, 2.24) is 24.5 Å². The van der Waals surface area contributed by atoms with Crippen LogP contribution in [0, 0.1) is 0 Å². The number of aryl methyl sites for hydroxylation is 1. The third-order valence-corrected chi connectivity index (χ3v) is 6.44. The van der Waals surface area contributed by atoms with Gasteiger partial charge >= 0.3 is 5.97 Å². The zero-order chi connectivity index (χ0) is 24.5. The van der Waals surface area contributed by atoms with Gasteiger partial charge in [-0.1, -0.05) is 18.2 Å². The molecule has 0 radical (unpaired) electrons. The number of allylic oxidation sites excluding steroid dienone is 1. The Balaban J connectivity index is 1.26. The minimum absolute atomic E-state index is 0.263. The van der Waals surface area contributed by atoms with E-state index in [1.807, 2.05) is 47.0 Å². The number of para-hydroxylation sites is 1. The minimum Gasteiger partial charge on any atom is -0.465 e. The average Bonchev–Trinajstić information content (AvgIpc) is 3.56. The van der Waals surface area contributed by atoms with Crippen LogP contribution in [0.15, 0.2) is 59.7 Å². The van der Waals surface area contributed by atoms with E-state index < -0.39 is 0 Å². The molecular formula is C27H24N6O3. The number of ether oxygens (including phenoxy) is 1. The van der Waals surface area contributed by atoms with Crippen molar-refractivity contribution in [3.8, 4) is 0 Å². The van der Waals surface area contributed by atoms with Crippen LogP contribution >= 0.6 is 0 Å². The number of nitrogens with zero attached hydrogens (tertiary/aromatic N) is 5. The maximum atomic E-state index is 13.4. The molecule has 2 N–H and O–H groups in total. The normalized spacial score (nSPS) is 14.4. The molecule has 0 aliphatic heterocycles. The number of rotatable bonds is 6. The van der Waals surface area contributed by atoms with Gasteiger partial charge in [-0.2, -0.15) is 0 Å². The van der Waals surface area contributed by atoms with E-state index in [4.69, 9.17) is 19.9 Å². The Morgan fingerprint density at radius 1 is 1.14 bits per heavy atom. The molecule has 6 rings (SSSR count). The topological polar surface area (TPSA) is 122 Å². The fourth-order valence-electron chi connectivity index (χ4n) is 4.79. The smallest absolute Gasteiger partial charge is 0.339 e. The average molecular weight is 481 g/mol. The van der Waals surface area contributed by atoms with Gasteiger partial charge in [0, 0.05) is 11.9 Å². The number of fused-ring (bicyclic) bond motifs is 3. The Bertz CT molecular complexity index is 1600. The van der Waals surface area contributed by atoms with Gasteiger partial charge in [-0.25, -0.2) is 24.7 Å². The van der Waals surface area contributed by atoms with Crippen LogP contribution in [0.25, 0.3) is 33.7 Å². The van der Waals surface area contributed by atoms with Gasteiger partial charge in [0.25, 0.3) is 0 Å². The zero-order valence-electron chi connectivity index (χ0n) is 19.6. The zero-order valence-corrected chi connectivity index (χ0v) is 19.6. The first-order valence-electron chi connectivity index (χ1n) is 11.9. The highest BCUT2D eigenvalue weighted by Crippen LogP contribution is 2.36. The molecule has 0 fully saturated rings.